The van der Waals surface area contributed by atoms with E-state index in [9.17, 15) is 9.59 Å². The van der Waals surface area contributed by atoms with Crippen molar-refractivity contribution in [3.63, 3.8) is 0 Å². The summed E-state index contributed by atoms with van der Waals surface area (Å²) in [5, 5.41) is 5.56. The van der Waals surface area contributed by atoms with Crippen LogP contribution in [0, 0.1) is 6.92 Å². The topological polar surface area (TPSA) is 58.2 Å². The predicted octanol–water partition coefficient (Wildman–Crippen LogP) is 2.15. The van der Waals surface area contributed by atoms with Gasteiger partial charge in [0.25, 0.3) is 11.8 Å². The lowest BCUT2D eigenvalue weighted by molar-refractivity contribution is 0.0927. The van der Waals surface area contributed by atoms with Crippen LogP contribution in [0.4, 0.5) is 0 Å². The largest absolute Gasteiger partial charge is 0.350 e. The zero-order valence-corrected chi connectivity index (χ0v) is 11.9. The van der Waals surface area contributed by atoms with E-state index < -0.39 is 0 Å². The van der Waals surface area contributed by atoms with Gasteiger partial charge in [0.05, 0.1) is 0 Å². The van der Waals surface area contributed by atoms with Crippen LogP contribution in [0.3, 0.4) is 0 Å². The zero-order valence-electron chi connectivity index (χ0n) is 11.9. The van der Waals surface area contributed by atoms with E-state index in [0.717, 1.165) is 5.56 Å². The predicted molar refractivity (Wildman–Crippen MR) is 82.3 cm³/mol. The number of benzene rings is 2. The van der Waals surface area contributed by atoms with Crippen LogP contribution in [-0.2, 0) is 0 Å². The molecule has 108 valence electrons. The van der Waals surface area contributed by atoms with Crippen LogP contribution in [-0.4, -0.2) is 24.9 Å². The highest BCUT2D eigenvalue weighted by Crippen LogP contribution is 2.06. The minimum Gasteiger partial charge on any atom is -0.350 e. The molecule has 0 fully saturated rings. The molecule has 0 aliphatic heterocycles. The molecular formula is C17H18N2O2. The van der Waals surface area contributed by atoms with Crippen molar-refractivity contribution in [2.75, 3.05) is 13.1 Å². The molecule has 21 heavy (non-hydrogen) atoms. The lowest BCUT2D eigenvalue weighted by Crippen LogP contribution is -2.34. The molecule has 0 aromatic heterocycles. The second kappa shape index (κ2) is 7.24. The highest BCUT2D eigenvalue weighted by molar-refractivity contribution is 5.96. The maximum atomic E-state index is 12.0. The van der Waals surface area contributed by atoms with Gasteiger partial charge in [0.15, 0.2) is 0 Å². The fourth-order valence-corrected chi connectivity index (χ4v) is 1.97. The Bertz CT molecular complexity index is 624. The molecule has 0 spiro atoms. The van der Waals surface area contributed by atoms with Gasteiger partial charge in [-0.15, -0.1) is 0 Å². The quantitative estimate of drug-likeness (QED) is 0.826. The summed E-state index contributed by atoms with van der Waals surface area (Å²) in [6.45, 7) is 2.68. The Hall–Kier alpha value is -2.62. The Morgan fingerprint density at radius 2 is 1.38 bits per heavy atom. The molecule has 2 amide bonds. The lowest BCUT2D eigenvalue weighted by atomic mass is 10.1. The molecule has 0 saturated carbocycles. The highest BCUT2D eigenvalue weighted by Gasteiger charge is 2.07. The van der Waals surface area contributed by atoms with Crippen molar-refractivity contribution >= 4 is 11.8 Å². The average Bonchev–Trinajstić information content (AvgIpc) is 2.52. The maximum absolute atomic E-state index is 12.0. The second-order valence-electron chi connectivity index (χ2n) is 4.69. The third-order valence-corrected chi connectivity index (χ3v) is 3.12. The van der Waals surface area contributed by atoms with Gasteiger partial charge in [-0.3, -0.25) is 9.59 Å². The molecule has 0 heterocycles. The summed E-state index contributed by atoms with van der Waals surface area (Å²) in [5.74, 6) is -0.261. The number of carbonyl (C=O) groups excluding carboxylic acids is 2. The first kappa shape index (κ1) is 14.8. The molecule has 0 radical (unpaired) electrons. The van der Waals surface area contributed by atoms with Crippen LogP contribution < -0.4 is 10.6 Å². The third-order valence-electron chi connectivity index (χ3n) is 3.12. The van der Waals surface area contributed by atoms with Gasteiger partial charge in [-0.1, -0.05) is 36.4 Å². The second-order valence-corrected chi connectivity index (χ2v) is 4.69. The van der Waals surface area contributed by atoms with Gasteiger partial charge in [0.2, 0.25) is 0 Å². The molecule has 2 aromatic carbocycles. The van der Waals surface area contributed by atoms with Crippen molar-refractivity contribution in [1.29, 1.82) is 0 Å². The van der Waals surface area contributed by atoms with Gasteiger partial charge in [-0.25, -0.2) is 0 Å². The summed E-state index contributed by atoms with van der Waals surface area (Å²) in [4.78, 5) is 23.7. The number of rotatable bonds is 5. The van der Waals surface area contributed by atoms with Crippen LogP contribution in [0.2, 0.25) is 0 Å². The average molecular weight is 282 g/mol. The molecular weight excluding hydrogens is 264 g/mol. The normalized spacial score (nSPS) is 9.95. The van der Waals surface area contributed by atoms with Gasteiger partial charge >= 0.3 is 0 Å². The van der Waals surface area contributed by atoms with Gasteiger partial charge < -0.3 is 10.6 Å². The molecule has 0 saturated heterocycles. The monoisotopic (exact) mass is 282 g/mol. The maximum Gasteiger partial charge on any atom is 0.251 e. The van der Waals surface area contributed by atoms with Gasteiger partial charge in [-0.05, 0) is 30.7 Å². The fraction of sp³-hybridized carbons (Fsp3) is 0.176. The minimum absolute atomic E-state index is 0.123. The van der Waals surface area contributed by atoms with E-state index in [2.05, 4.69) is 10.6 Å². The van der Waals surface area contributed by atoms with Crippen LogP contribution in [0.5, 0.6) is 0 Å². The SMILES string of the molecule is Cc1ccccc1C(=O)NCCNC(=O)c1ccccc1. The number of nitrogens with one attached hydrogen (secondary N) is 2. The number of aryl methyl sites for hydroxylation is 1. The van der Waals surface area contributed by atoms with Crippen molar-refractivity contribution in [3.05, 3.63) is 71.3 Å². The van der Waals surface area contributed by atoms with Gasteiger partial charge in [-0.2, -0.15) is 0 Å². The lowest BCUT2D eigenvalue weighted by Gasteiger charge is -2.08. The van der Waals surface area contributed by atoms with E-state index in [4.69, 9.17) is 0 Å². The smallest absolute Gasteiger partial charge is 0.251 e. The molecule has 0 unspecified atom stereocenters. The third kappa shape index (κ3) is 4.18. The van der Waals surface area contributed by atoms with Crippen LogP contribution in [0.1, 0.15) is 26.3 Å². The van der Waals surface area contributed by atoms with Crippen LogP contribution in [0.25, 0.3) is 0 Å². The van der Waals surface area contributed by atoms with E-state index in [-0.39, 0.29) is 11.8 Å². The van der Waals surface area contributed by atoms with Crippen LogP contribution in [0.15, 0.2) is 54.6 Å². The Morgan fingerprint density at radius 3 is 2.05 bits per heavy atom. The summed E-state index contributed by atoms with van der Waals surface area (Å²) in [6, 6.07) is 16.4. The Morgan fingerprint density at radius 1 is 0.810 bits per heavy atom. The van der Waals surface area contributed by atoms with Gasteiger partial charge in [0.1, 0.15) is 0 Å². The summed E-state index contributed by atoms with van der Waals surface area (Å²) >= 11 is 0. The minimum atomic E-state index is -0.138. The fourth-order valence-electron chi connectivity index (χ4n) is 1.97. The molecule has 0 aliphatic carbocycles. The van der Waals surface area contributed by atoms with Crippen molar-refractivity contribution in [2.45, 2.75) is 6.92 Å². The summed E-state index contributed by atoms with van der Waals surface area (Å²) < 4.78 is 0. The van der Waals surface area contributed by atoms with E-state index in [1.165, 1.54) is 0 Å². The number of carbonyl (C=O) groups is 2. The molecule has 0 aliphatic rings. The van der Waals surface area contributed by atoms with E-state index in [1.807, 2.05) is 43.3 Å². The Kier molecular flexibility index (Phi) is 5.10. The van der Waals surface area contributed by atoms with Crippen molar-refractivity contribution in [3.8, 4) is 0 Å². The summed E-state index contributed by atoms with van der Waals surface area (Å²) in [5.41, 5.74) is 2.21. The first-order valence-electron chi connectivity index (χ1n) is 6.85. The summed E-state index contributed by atoms with van der Waals surface area (Å²) in [6.07, 6.45) is 0. The van der Waals surface area contributed by atoms with E-state index in [1.54, 1.807) is 18.2 Å². The molecule has 0 atom stereocenters. The summed E-state index contributed by atoms with van der Waals surface area (Å²) in [7, 11) is 0. The van der Waals surface area contributed by atoms with Gasteiger partial charge in [0, 0.05) is 24.2 Å². The molecule has 2 rings (SSSR count). The number of amides is 2. The number of hydrogen-bond acceptors (Lipinski definition) is 2. The Labute approximate surface area is 124 Å². The molecule has 4 nitrogen and oxygen atoms in total. The van der Waals surface area contributed by atoms with E-state index in [0.29, 0.717) is 24.2 Å². The van der Waals surface area contributed by atoms with Crippen molar-refractivity contribution in [1.82, 2.24) is 10.6 Å². The van der Waals surface area contributed by atoms with Crippen molar-refractivity contribution < 1.29 is 9.59 Å². The van der Waals surface area contributed by atoms with Crippen molar-refractivity contribution in [2.24, 2.45) is 0 Å². The van der Waals surface area contributed by atoms with E-state index >= 15 is 0 Å². The van der Waals surface area contributed by atoms with Crippen LogP contribution >= 0.6 is 0 Å². The molecule has 2 aromatic rings. The highest BCUT2D eigenvalue weighted by atomic mass is 16.2. The first-order valence-corrected chi connectivity index (χ1v) is 6.85. The molecule has 2 N–H and O–H groups in total. The standard InChI is InChI=1S/C17H18N2O2/c1-13-7-5-6-10-15(13)17(21)19-12-11-18-16(20)14-8-3-2-4-9-14/h2-10H,11-12H2,1H3,(H,18,20)(H,19,21). The molecule has 0 bridgehead atoms. The zero-order chi connectivity index (χ0) is 15.1. The number of hydrogen-bond donors (Lipinski definition) is 2. The Balaban J connectivity index is 1.76. The molecule has 4 heteroatoms. The first-order chi connectivity index (χ1) is 10.2.